The molecule has 0 spiro atoms. The van der Waals surface area contributed by atoms with Crippen LogP contribution in [0.25, 0.3) is 10.5 Å². The standard InChI is InChI=1S/C13H11N5/c1-9-10(2)18(17-16-9)12-6-4-11(5-7-12)13(8-14)15-3/h4-7,13H,1-2H3. The normalized spacial score (nSPS) is 11.6. The van der Waals surface area contributed by atoms with Gasteiger partial charge >= 0.3 is 6.04 Å². The van der Waals surface area contributed by atoms with Gasteiger partial charge in [0.05, 0.1) is 17.1 Å². The van der Waals surface area contributed by atoms with Gasteiger partial charge in [-0.3, -0.25) is 4.85 Å². The van der Waals surface area contributed by atoms with Crippen LogP contribution in [-0.4, -0.2) is 15.0 Å². The van der Waals surface area contributed by atoms with Crippen LogP contribution < -0.4 is 0 Å². The molecule has 1 unspecified atom stereocenters. The fourth-order valence-electron chi connectivity index (χ4n) is 1.63. The van der Waals surface area contributed by atoms with Gasteiger partial charge in [0.2, 0.25) is 0 Å². The number of hydrogen-bond donors (Lipinski definition) is 0. The first kappa shape index (κ1) is 11.8. The molecule has 0 radical (unpaired) electrons. The first-order valence-corrected chi connectivity index (χ1v) is 5.42. The fraction of sp³-hybridized carbons (Fsp3) is 0.231. The molecular formula is C13H11N5. The molecular weight excluding hydrogens is 226 g/mol. The predicted molar refractivity (Wildman–Crippen MR) is 65.8 cm³/mol. The molecule has 0 saturated carbocycles. The Morgan fingerprint density at radius 1 is 1.33 bits per heavy atom. The van der Waals surface area contributed by atoms with Crippen LogP contribution in [0.4, 0.5) is 0 Å². The summed E-state index contributed by atoms with van der Waals surface area (Å²) in [7, 11) is 0. The van der Waals surface area contributed by atoms with E-state index in [2.05, 4.69) is 15.2 Å². The molecule has 0 aliphatic heterocycles. The molecule has 0 amide bonds. The molecule has 1 aromatic heterocycles. The van der Waals surface area contributed by atoms with Crippen molar-refractivity contribution in [2.24, 2.45) is 0 Å². The third kappa shape index (κ3) is 1.94. The molecule has 0 N–H and O–H groups in total. The summed E-state index contributed by atoms with van der Waals surface area (Å²) in [5.74, 6) is 0. The Hall–Kier alpha value is -2.66. The van der Waals surface area contributed by atoms with Gasteiger partial charge in [0.15, 0.2) is 6.07 Å². The zero-order valence-electron chi connectivity index (χ0n) is 10.1. The molecule has 1 heterocycles. The summed E-state index contributed by atoms with van der Waals surface area (Å²) in [4.78, 5) is 3.25. The number of hydrogen-bond acceptors (Lipinski definition) is 3. The number of aryl methyl sites for hydroxylation is 1. The summed E-state index contributed by atoms with van der Waals surface area (Å²) in [5, 5.41) is 16.9. The van der Waals surface area contributed by atoms with Crippen LogP contribution in [0.2, 0.25) is 0 Å². The summed E-state index contributed by atoms with van der Waals surface area (Å²) >= 11 is 0. The highest BCUT2D eigenvalue weighted by molar-refractivity contribution is 5.38. The van der Waals surface area contributed by atoms with E-state index in [9.17, 15) is 0 Å². The summed E-state index contributed by atoms with van der Waals surface area (Å²) in [6.45, 7) is 10.8. The van der Waals surface area contributed by atoms with Crippen LogP contribution in [0.1, 0.15) is 23.0 Å². The second-order valence-electron chi connectivity index (χ2n) is 3.92. The van der Waals surface area contributed by atoms with Crippen LogP contribution in [0.15, 0.2) is 24.3 Å². The summed E-state index contributed by atoms with van der Waals surface area (Å²) in [5.41, 5.74) is 3.43. The van der Waals surface area contributed by atoms with Crippen LogP contribution in [0, 0.1) is 31.8 Å². The zero-order chi connectivity index (χ0) is 13.1. The van der Waals surface area contributed by atoms with E-state index in [1.165, 1.54) is 0 Å². The maximum Gasteiger partial charge on any atom is 0.332 e. The Labute approximate surface area is 105 Å². The van der Waals surface area contributed by atoms with E-state index in [4.69, 9.17) is 11.8 Å². The Balaban J connectivity index is 2.37. The van der Waals surface area contributed by atoms with Gasteiger partial charge in [-0.05, 0) is 38.1 Å². The largest absolute Gasteiger partial charge is 0.332 e. The average Bonchev–Trinajstić information content (AvgIpc) is 2.73. The number of rotatable bonds is 2. The SMILES string of the molecule is [C-]#[N+]C(C#N)c1ccc(-n2nnc(C)c2C)cc1. The van der Waals surface area contributed by atoms with Crippen LogP contribution in [0.5, 0.6) is 0 Å². The lowest BCUT2D eigenvalue weighted by molar-refractivity contribution is 0.783. The molecule has 2 rings (SSSR count). The van der Waals surface area contributed by atoms with Gasteiger partial charge in [0, 0.05) is 5.56 Å². The van der Waals surface area contributed by atoms with E-state index >= 15 is 0 Å². The third-order valence-electron chi connectivity index (χ3n) is 2.83. The van der Waals surface area contributed by atoms with Crippen molar-refractivity contribution in [3.8, 4) is 11.8 Å². The van der Waals surface area contributed by atoms with E-state index in [1.54, 1.807) is 16.8 Å². The molecule has 18 heavy (non-hydrogen) atoms. The second kappa shape index (κ2) is 4.68. The second-order valence-corrected chi connectivity index (χ2v) is 3.92. The number of benzene rings is 1. The minimum absolute atomic E-state index is 0.700. The van der Waals surface area contributed by atoms with E-state index in [0.717, 1.165) is 17.1 Å². The molecule has 2 aromatic rings. The van der Waals surface area contributed by atoms with Crippen molar-refractivity contribution >= 4 is 0 Å². The quantitative estimate of drug-likeness (QED) is 0.753. The van der Waals surface area contributed by atoms with Crippen molar-refractivity contribution in [1.29, 1.82) is 5.26 Å². The average molecular weight is 237 g/mol. The molecule has 0 aliphatic rings. The first-order valence-electron chi connectivity index (χ1n) is 5.42. The topological polar surface area (TPSA) is 58.9 Å². The van der Waals surface area contributed by atoms with E-state index in [0.29, 0.717) is 5.56 Å². The van der Waals surface area contributed by atoms with Crippen molar-refractivity contribution in [2.75, 3.05) is 0 Å². The van der Waals surface area contributed by atoms with E-state index in [-0.39, 0.29) is 0 Å². The van der Waals surface area contributed by atoms with Gasteiger partial charge in [0.1, 0.15) is 0 Å². The molecule has 1 aromatic carbocycles. The number of nitrogens with zero attached hydrogens (tertiary/aromatic N) is 5. The van der Waals surface area contributed by atoms with Gasteiger partial charge < -0.3 is 0 Å². The molecule has 0 fully saturated rings. The number of aromatic nitrogens is 3. The van der Waals surface area contributed by atoms with Gasteiger partial charge in [-0.2, -0.15) is 5.26 Å². The highest BCUT2D eigenvalue weighted by atomic mass is 15.4. The predicted octanol–water partition coefficient (Wildman–Crippen LogP) is 2.37. The van der Waals surface area contributed by atoms with Crippen molar-refractivity contribution in [1.82, 2.24) is 15.0 Å². The van der Waals surface area contributed by atoms with Crippen molar-refractivity contribution in [3.05, 3.63) is 52.6 Å². The first-order chi connectivity index (χ1) is 8.67. The lowest BCUT2D eigenvalue weighted by atomic mass is 10.1. The molecule has 5 nitrogen and oxygen atoms in total. The van der Waals surface area contributed by atoms with Crippen molar-refractivity contribution < 1.29 is 0 Å². The van der Waals surface area contributed by atoms with E-state index in [1.807, 2.05) is 32.0 Å². The van der Waals surface area contributed by atoms with Crippen molar-refractivity contribution in [3.63, 3.8) is 0 Å². The molecule has 1 atom stereocenters. The molecule has 0 saturated heterocycles. The summed E-state index contributed by atoms with van der Waals surface area (Å²) < 4.78 is 1.73. The summed E-state index contributed by atoms with van der Waals surface area (Å²) in [6.07, 6.45) is 0. The highest BCUT2D eigenvalue weighted by Gasteiger charge is 2.14. The Morgan fingerprint density at radius 2 is 2.00 bits per heavy atom. The van der Waals surface area contributed by atoms with Gasteiger partial charge in [-0.1, -0.05) is 5.21 Å². The minimum Gasteiger partial charge on any atom is -0.292 e. The zero-order valence-corrected chi connectivity index (χ0v) is 10.1. The maximum absolute atomic E-state index is 8.82. The lowest BCUT2D eigenvalue weighted by Crippen LogP contribution is -2.00. The molecule has 0 bridgehead atoms. The van der Waals surface area contributed by atoms with E-state index < -0.39 is 6.04 Å². The minimum atomic E-state index is -0.738. The monoisotopic (exact) mass is 237 g/mol. The Kier molecular flexibility index (Phi) is 3.07. The lowest BCUT2D eigenvalue weighted by Gasteiger charge is -2.04. The Morgan fingerprint density at radius 3 is 2.44 bits per heavy atom. The molecule has 5 heteroatoms. The van der Waals surface area contributed by atoms with Crippen LogP contribution in [0.3, 0.4) is 0 Å². The smallest absolute Gasteiger partial charge is 0.292 e. The molecule has 0 aliphatic carbocycles. The fourth-order valence-corrected chi connectivity index (χ4v) is 1.63. The van der Waals surface area contributed by atoms with Crippen LogP contribution >= 0.6 is 0 Å². The summed E-state index contributed by atoms with van der Waals surface area (Å²) in [6, 6.07) is 8.45. The van der Waals surface area contributed by atoms with Crippen molar-refractivity contribution in [2.45, 2.75) is 19.9 Å². The van der Waals surface area contributed by atoms with Gasteiger partial charge in [-0.25, -0.2) is 11.3 Å². The van der Waals surface area contributed by atoms with Crippen LogP contribution in [-0.2, 0) is 0 Å². The Bertz CT molecular complexity index is 626. The third-order valence-corrected chi connectivity index (χ3v) is 2.83. The number of nitriles is 1. The molecule has 88 valence electrons. The highest BCUT2D eigenvalue weighted by Crippen LogP contribution is 2.19. The maximum atomic E-state index is 8.82. The van der Waals surface area contributed by atoms with Gasteiger partial charge in [-0.15, -0.1) is 5.10 Å². The van der Waals surface area contributed by atoms with Gasteiger partial charge in [0.25, 0.3) is 0 Å².